The van der Waals surface area contributed by atoms with Gasteiger partial charge < -0.3 is 16.0 Å². The lowest BCUT2D eigenvalue weighted by Gasteiger charge is -2.24. The van der Waals surface area contributed by atoms with Gasteiger partial charge in [0.05, 0.1) is 5.41 Å². The molecule has 1 aliphatic heterocycles. The van der Waals surface area contributed by atoms with Crippen molar-refractivity contribution in [2.45, 2.75) is 32.7 Å². The molecule has 0 aromatic rings. The minimum absolute atomic E-state index is 0.0920. The molecule has 0 saturated carbocycles. The molecule has 1 aliphatic rings. The third-order valence-corrected chi connectivity index (χ3v) is 2.96. The maximum absolute atomic E-state index is 11.5. The van der Waals surface area contributed by atoms with E-state index in [1.807, 2.05) is 13.8 Å². The molecular formula is C11H23N3O. The van der Waals surface area contributed by atoms with Gasteiger partial charge in [0, 0.05) is 26.2 Å². The second kappa shape index (κ2) is 5.47. The van der Waals surface area contributed by atoms with Gasteiger partial charge >= 0.3 is 0 Å². The zero-order valence-electron chi connectivity index (χ0n) is 10.0. The van der Waals surface area contributed by atoms with Crippen LogP contribution in [0, 0.1) is 5.41 Å². The Hall–Kier alpha value is -0.610. The first kappa shape index (κ1) is 12.5. The molecule has 1 saturated heterocycles. The predicted molar refractivity (Wildman–Crippen MR) is 61.7 cm³/mol. The van der Waals surface area contributed by atoms with Crippen molar-refractivity contribution in [2.75, 3.05) is 26.7 Å². The Morgan fingerprint density at radius 3 is 2.80 bits per heavy atom. The number of carbonyl (C=O) groups is 1. The molecule has 0 aromatic carbocycles. The first-order valence-electron chi connectivity index (χ1n) is 5.72. The minimum atomic E-state index is -0.326. The Balaban J connectivity index is 2.20. The van der Waals surface area contributed by atoms with Crippen molar-refractivity contribution in [3.63, 3.8) is 0 Å². The normalized spacial score (nSPS) is 21.7. The quantitative estimate of drug-likeness (QED) is 0.607. The highest BCUT2D eigenvalue weighted by molar-refractivity contribution is 5.81. The fraction of sp³-hybridized carbons (Fsp3) is 0.909. The third-order valence-electron chi connectivity index (χ3n) is 2.96. The average Bonchev–Trinajstić information content (AvgIpc) is 2.69. The second-order valence-electron chi connectivity index (χ2n) is 4.89. The highest BCUT2D eigenvalue weighted by Crippen LogP contribution is 2.13. The molecule has 0 aromatic heterocycles. The number of nitrogens with one attached hydrogen (secondary N) is 3. The number of hydrogen-bond donors (Lipinski definition) is 3. The Kier molecular flexibility index (Phi) is 4.54. The van der Waals surface area contributed by atoms with Gasteiger partial charge in [0.1, 0.15) is 0 Å². The van der Waals surface area contributed by atoms with Crippen molar-refractivity contribution in [1.82, 2.24) is 16.0 Å². The van der Waals surface area contributed by atoms with Gasteiger partial charge in [-0.15, -0.1) is 0 Å². The second-order valence-corrected chi connectivity index (χ2v) is 4.89. The molecule has 88 valence electrons. The molecular weight excluding hydrogens is 190 g/mol. The number of carbonyl (C=O) groups excluding carboxylic acids is 1. The largest absolute Gasteiger partial charge is 0.359 e. The molecule has 0 radical (unpaired) electrons. The molecule has 0 aliphatic carbocycles. The van der Waals surface area contributed by atoms with Gasteiger partial charge in [0.25, 0.3) is 0 Å². The molecule has 1 fully saturated rings. The SMILES string of the molecule is CNC(=O)C(C)(C)CNCC1CCCN1. The summed E-state index contributed by atoms with van der Waals surface area (Å²) in [7, 11) is 1.68. The molecule has 4 nitrogen and oxygen atoms in total. The third kappa shape index (κ3) is 3.80. The zero-order valence-corrected chi connectivity index (χ0v) is 10.0. The van der Waals surface area contributed by atoms with Crippen LogP contribution in [0.15, 0.2) is 0 Å². The molecule has 15 heavy (non-hydrogen) atoms. The fourth-order valence-electron chi connectivity index (χ4n) is 1.91. The molecule has 1 heterocycles. The van der Waals surface area contributed by atoms with Crippen LogP contribution in [0.25, 0.3) is 0 Å². The Morgan fingerprint density at radius 2 is 2.27 bits per heavy atom. The summed E-state index contributed by atoms with van der Waals surface area (Å²) >= 11 is 0. The van der Waals surface area contributed by atoms with Gasteiger partial charge in [-0.3, -0.25) is 4.79 Å². The first-order chi connectivity index (χ1) is 7.06. The van der Waals surface area contributed by atoms with Crippen LogP contribution in [-0.2, 0) is 4.79 Å². The lowest BCUT2D eigenvalue weighted by atomic mass is 9.92. The summed E-state index contributed by atoms with van der Waals surface area (Å²) in [6.45, 7) is 6.73. The Bertz CT molecular complexity index is 210. The maximum atomic E-state index is 11.5. The van der Waals surface area contributed by atoms with Gasteiger partial charge in [-0.1, -0.05) is 0 Å². The van der Waals surface area contributed by atoms with Gasteiger partial charge in [-0.25, -0.2) is 0 Å². The van der Waals surface area contributed by atoms with Crippen LogP contribution in [0.1, 0.15) is 26.7 Å². The molecule has 1 amide bonds. The van der Waals surface area contributed by atoms with E-state index in [1.54, 1.807) is 7.05 Å². The molecule has 0 bridgehead atoms. The zero-order chi connectivity index (χ0) is 11.3. The summed E-state index contributed by atoms with van der Waals surface area (Å²) in [6.07, 6.45) is 2.51. The summed E-state index contributed by atoms with van der Waals surface area (Å²) in [5.74, 6) is 0.0920. The van der Waals surface area contributed by atoms with Crippen LogP contribution in [0.5, 0.6) is 0 Å². The van der Waals surface area contributed by atoms with Gasteiger partial charge in [-0.05, 0) is 33.2 Å². The van der Waals surface area contributed by atoms with Gasteiger partial charge in [0.15, 0.2) is 0 Å². The Labute approximate surface area is 92.2 Å². The van der Waals surface area contributed by atoms with Crippen molar-refractivity contribution in [2.24, 2.45) is 5.41 Å². The Morgan fingerprint density at radius 1 is 1.53 bits per heavy atom. The first-order valence-corrected chi connectivity index (χ1v) is 5.72. The average molecular weight is 213 g/mol. The topological polar surface area (TPSA) is 53.2 Å². The van der Waals surface area contributed by atoms with Crippen LogP contribution < -0.4 is 16.0 Å². The van der Waals surface area contributed by atoms with Crippen LogP contribution >= 0.6 is 0 Å². The predicted octanol–water partition coefficient (Wildman–Crippen LogP) is 0.100. The standard InChI is InChI=1S/C11H23N3O/c1-11(2,10(15)12-3)8-13-7-9-5-4-6-14-9/h9,13-14H,4-8H2,1-3H3,(H,12,15). The molecule has 0 spiro atoms. The lowest BCUT2D eigenvalue weighted by molar-refractivity contribution is -0.128. The number of rotatable bonds is 5. The summed E-state index contributed by atoms with van der Waals surface area (Å²) < 4.78 is 0. The van der Waals surface area contributed by atoms with Crippen LogP contribution in [0.3, 0.4) is 0 Å². The highest BCUT2D eigenvalue weighted by Gasteiger charge is 2.26. The molecule has 3 N–H and O–H groups in total. The van der Waals surface area contributed by atoms with E-state index >= 15 is 0 Å². The van der Waals surface area contributed by atoms with E-state index in [-0.39, 0.29) is 11.3 Å². The van der Waals surface area contributed by atoms with Crippen molar-refractivity contribution < 1.29 is 4.79 Å². The van der Waals surface area contributed by atoms with Crippen LogP contribution in [0.4, 0.5) is 0 Å². The van der Waals surface area contributed by atoms with Gasteiger partial charge in [-0.2, -0.15) is 0 Å². The molecule has 1 rings (SSSR count). The van der Waals surface area contributed by atoms with Crippen molar-refractivity contribution in [3.8, 4) is 0 Å². The van der Waals surface area contributed by atoms with E-state index in [9.17, 15) is 4.79 Å². The number of amides is 1. The van der Waals surface area contributed by atoms with E-state index < -0.39 is 0 Å². The summed E-state index contributed by atoms with van der Waals surface area (Å²) in [4.78, 5) is 11.5. The van der Waals surface area contributed by atoms with Gasteiger partial charge in [0.2, 0.25) is 5.91 Å². The minimum Gasteiger partial charge on any atom is -0.359 e. The van der Waals surface area contributed by atoms with Crippen molar-refractivity contribution >= 4 is 5.91 Å². The maximum Gasteiger partial charge on any atom is 0.226 e. The summed E-state index contributed by atoms with van der Waals surface area (Å²) in [6, 6.07) is 0.588. The van der Waals surface area contributed by atoms with E-state index in [4.69, 9.17) is 0 Å². The lowest BCUT2D eigenvalue weighted by Crippen LogP contribution is -2.44. The fourth-order valence-corrected chi connectivity index (χ4v) is 1.91. The van der Waals surface area contributed by atoms with Crippen molar-refractivity contribution in [3.05, 3.63) is 0 Å². The monoisotopic (exact) mass is 213 g/mol. The van der Waals surface area contributed by atoms with Crippen LogP contribution in [0.2, 0.25) is 0 Å². The van der Waals surface area contributed by atoms with E-state index in [0.29, 0.717) is 6.04 Å². The van der Waals surface area contributed by atoms with E-state index in [2.05, 4.69) is 16.0 Å². The van der Waals surface area contributed by atoms with E-state index in [0.717, 1.165) is 19.6 Å². The summed E-state index contributed by atoms with van der Waals surface area (Å²) in [5.41, 5.74) is -0.326. The molecule has 1 atom stereocenters. The molecule has 4 heteroatoms. The van der Waals surface area contributed by atoms with E-state index in [1.165, 1.54) is 12.8 Å². The van der Waals surface area contributed by atoms with Crippen LogP contribution in [-0.4, -0.2) is 38.6 Å². The molecule has 1 unspecified atom stereocenters. The van der Waals surface area contributed by atoms with Crippen molar-refractivity contribution in [1.29, 1.82) is 0 Å². The highest BCUT2D eigenvalue weighted by atomic mass is 16.2. The summed E-state index contributed by atoms with van der Waals surface area (Å²) in [5, 5.41) is 9.47. The smallest absolute Gasteiger partial charge is 0.226 e. The number of hydrogen-bond acceptors (Lipinski definition) is 3.